The smallest absolute Gasteiger partial charge is 0.222 e. The lowest BCUT2D eigenvalue weighted by Gasteiger charge is -2.28. The molecule has 1 aromatic carbocycles. The highest BCUT2D eigenvalue weighted by Gasteiger charge is 2.25. The Balaban J connectivity index is 2.15. The number of nitrogens with one attached hydrogen (secondary N) is 1. The minimum Gasteiger partial charge on any atom is -0.378 e. The van der Waals surface area contributed by atoms with Crippen LogP contribution in [0.2, 0.25) is 0 Å². The van der Waals surface area contributed by atoms with E-state index in [0.29, 0.717) is 6.54 Å². The summed E-state index contributed by atoms with van der Waals surface area (Å²) in [5.41, 5.74) is 2.25. The monoisotopic (exact) mass is 335 g/mol. The molecule has 1 unspecified atom stereocenters. The molecule has 126 valence electrons. The number of sulfonamides is 1. The van der Waals surface area contributed by atoms with Gasteiger partial charge in [-0.1, -0.05) is 18.1 Å². The van der Waals surface area contributed by atoms with Gasteiger partial charge in [0.1, 0.15) is 5.75 Å². The average molecular weight is 335 g/mol. The van der Waals surface area contributed by atoms with Crippen molar-refractivity contribution in [1.29, 1.82) is 0 Å². The molecule has 6 heteroatoms. The van der Waals surface area contributed by atoms with E-state index in [1.807, 2.05) is 19.0 Å². The predicted molar refractivity (Wildman–Crippen MR) is 94.9 cm³/mol. The third kappa shape index (κ3) is 4.96. The van der Waals surface area contributed by atoms with Crippen LogP contribution in [0.15, 0.2) is 24.3 Å². The van der Waals surface area contributed by atoms with Crippen LogP contribution >= 0.6 is 0 Å². The Bertz CT molecular complexity index is 641. The highest BCUT2D eigenvalue weighted by molar-refractivity contribution is 7.89. The summed E-state index contributed by atoms with van der Waals surface area (Å²) in [6.07, 6.45) is 7.43. The summed E-state index contributed by atoms with van der Waals surface area (Å²) in [4.78, 5) is 4.38. The number of rotatable bonds is 7. The van der Waals surface area contributed by atoms with Crippen LogP contribution in [0.5, 0.6) is 0 Å². The minimum absolute atomic E-state index is 0.0428. The van der Waals surface area contributed by atoms with Crippen LogP contribution in [-0.4, -0.2) is 52.8 Å². The minimum atomic E-state index is -3.41. The molecule has 2 rings (SSSR count). The van der Waals surface area contributed by atoms with E-state index < -0.39 is 10.0 Å². The molecule has 0 saturated carbocycles. The SMILES string of the molecule is C#CCS(=O)(=O)NCC(c1ccc(N(C)C)cc1)N1CCCC1. The molecule has 0 aromatic heterocycles. The second kappa shape index (κ2) is 7.82. The Morgan fingerprint density at radius 1 is 1.26 bits per heavy atom. The summed E-state index contributed by atoms with van der Waals surface area (Å²) in [6.45, 7) is 2.35. The molecule has 1 N–H and O–H groups in total. The second-order valence-electron chi connectivity index (χ2n) is 6.06. The first-order valence-corrected chi connectivity index (χ1v) is 9.50. The fraction of sp³-hybridized carbons (Fsp3) is 0.529. The molecule has 1 aliphatic rings. The molecule has 23 heavy (non-hydrogen) atoms. The van der Waals surface area contributed by atoms with Gasteiger partial charge >= 0.3 is 0 Å². The highest BCUT2D eigenvalue weighted by atomic mass is 32.2. The van der Waals surface area contributed by atoms with E-state index in [-0.39, 0.29) is 11.8 Å². The van der Waals surface area contributed by atoms with Crippen molar-refractivity contribution >= 4 is 15.7 Å². The number of hydrogen-bond acceptors (Lipinski definition) is 4. The van der Waals surface area contributed by atoms with Gasteiger partial charge in [-0.2, -0.15) is 0 Å². The van der Waals surface area contributed by atoms with Gasteiger partial charge in [0.05, 0.1) is 0 Å². The molecular formula is C17H25N3O2S. The van der Waals surface area contributed by atoms with Gasteiger partial charge in [0.15, 0.2) is 0 Å². The number of nitrogens with zero attached hydrogens (tertiary/aromatic N) is 2. The molecule has 1 atom stereocenters. The van der Waals surface area contributed by atoms with Gasteiger partial charge in [-0.15, -0.1) is 6.42 Å². The second-order valence-corrected chi connectivity index (χ2v) is 7.86. The Morgan fingerprint density at radius 2 is 1.87 bits per heavy atom. The molecule has 1 heterocycles. The first-order chi connectivity index (χ1) is 10.9. The topological polar surface area (TPSA) is 52.7 Å². The zero-order valence-corrected chi connectivity index (χ0v) is 14.6. The summed E-state index contributed by atoms with van der Waals surface area (Å²) in [5.74, 6) is 1.91. The Labute approximate surface area is 139 Å². The fourth-order valence-electron chi connectivity index (χ4n) is 2.87. The maximum absolute atomic E-state index is 11.8. The van der Waals surface area contributed by atoms with Crippen molar-refractivity contribution in [3.05, 3.63) is 29.8 Å². The first-order valence-electron chi connectivity index (χ1n) is 7.85. The van der Waals surface area contributed by atoms with Crippen LogP contribution in [0, 0.1) is 12.3 Å². The average Bonchev–Trinajstić information content (AvgIpc) is 3.02. The first kappa shape index (κ1) is 17.8. The molecule has 1 aliphatic heterocycles. The Hall–Kier alpha value is -1.55. The lowest BCUT2D eigenvalue weighted by atomic mass is 10.1. The maximum Gasteiger partial charge on any atom is 0.222 e. The van der Waals surface area contributed by atoms with Crippen molar-refractivity contribution in [2.24, 2.45) is 0 Å². The van der Waals surface area contributed by atoms with Crippen molar-refractivity contribution in [3.8, 4) is 12.3 Å². The molecule has 5 nitrogen and oxygen atoms in total. The third-order valence-corrected chi connectivity index (χ3v) is 5.30. The van der Waals surface area contributed by atoms with Crippen LogP contribution in [0.3, 0.4) is 0 Å². The van der Waals surface area contributed by atoms with E-state index in [0.717, 1.165) is 37.2 Å². The predicted octanol–water partition coefficient (Wildman–Crippen LogP) is 1.44. The molecule has 1 aromatic rings. The largest absolute Gasteiger partial charge is 0.378 e. The van der Waals surface area contributed by atoms with Crippen molar-refractivity contribution in [2.75, 3.05) is 44.4 Å². The van der Waals surface area contributed by atoms with E-state index in [1.54, 1.807) is 0 Å². The standard InChI is InChI=1S/C17H25N3O2S/c1-4-13-23(21,22)18-14-17(20-11-5-6-12-20)15-7-9-16(10-8-15)19(2)3/h1,7-10,17-18H,5-6,11-14H2,2-3H3. The van der Waals surface area contributed by atoms with Gasteiger partial charge in [0.25, 0.3) is 0 Å². The van der Waals surface area contributed by atoms with Gasteiger partial charge in [-0.25, -0.2) is 13.1 Å². The van der Waals surface area contributed by atoms with Crippen molar-refractivity contribution < 1.29 is 8.42 Å². The van der Waals surface area contributed by atoms with Gasteiger partial charge in [-0.3, -0.25) is 4.90 Å². The van der Waals surface area contributed by atoms with Crippen LogP contribution in [0.1, 0.15) is 24.4 Å². The van der Waals surface area contributed by atoms with Crippen molar-refractivity contribution in [2.45, 2.75) is 18.9 Å². The van der Waals surface area contributed by atoms with Crippen LogP contribution in [0.25, 0.3) is 0 Å². The van der Waals surface area contributed by atoms with Gasteiger partial charge in [0.2, 0.25) is 10.0 Å². The molecule has 0 radical (unpaired) electrons. The number of hydrogen-bond donors (Lipinski definition) is 1. The number of terminal acetylenes is 1. The summed E-state index contributed by atoms with van der Waals surface area (Å²) >= 11 is 0. The van der Waals surface area contributed by atoms with Crippen molar-refractivity contribution in [3.63, 3.8) is 0 Å². The lowest BCUT2D eigenvalue weighted by molar-refractivity contribution is 0.246. The van der Waals surface area contributed by atoms with E-state index in [1.165, 1.54) is 0 Å². The maximum atomic E-state index is 11.8. The Morgan fingerprint density at radius 3 is 2.39 bits per heavy atom. The van der Waals surface area contributed by atoms with Crippen molar-refractivity contribution in [1.82, 2.24) is 9.62 Å². The third-order valence-electron chi connectivity index (χ3n) is 4.15. The van der Waals surface area contributed by atoms with Crippen LogP contribution in [-0.2, 0) is 10.0 Å². The molecule has 0 bridgehead atoms. The van der Waals surface area contributed by atoms with Crippen LogP contribution < -0.4 is 9.62 Å². The number of anilines is 1. The molecular weight excluding hydrogens is 310 g/mol. The van der Waals surface area contributed by atoms with E-state index in [2.05, 4.69) is 39.8 Å². The normalized spacial score (nSPS) is 16.9. The zero-order chi connectivity index (χ0) is 16.9. The van der Waals surface area contributed by atoms with E-state index in [4.69, 9.17) is 6.42 Å². The molecule has 1 saturated heterocycles. The van der Waals surface area contributed by atoms with Crippen LogP contribution in [0.4, 0.5) is 5.69 Å². The summed E-state index contributed by atoms with van der Waals surface area (Å²) < 4.78 is 26.3. The summed E-state index contributed by atoms with van der Waals surface area (Å²) in [6, 6.07) is 8.32. The molecule has 0 spiro atoms. The molecule has 0 aliphatic carbocycles. The summed E-state index contributed by atoms with van der Waals surface area (Å²) in [7, 11) is 0.595. The van der Waals surface area contributed by atoms with Gasteiger partial charge < -0.3 is 4.90 Å². The Kier molecular flexibility index (Phi) is 6.05. The molecule has 1 fully saturated rings. The number of benzene rings is 1. The van der Waals surface area contributed by atoms with Gasteiger partial charge in [-0.05, 0) is 43.6 Å². The molecule has 0 amide bonds. The summed E-state index contributed by atoms with van der Waals surface area (Å²) in [5, 5.41) is 0. The van der Waals surface area contributed by atoms with E-state index >= 15 is 0 Å². The fourth-order valence-corrected chi connectivity index (χ4v) is 3.61. The lowest BCUT2D eigenvalue weighted by Crippen LogP contribution is -2.37. The number of likely N-dealkylation sites (tertiary alicyclic amines) is 1. The highest BCUT2D eigenvalue weighted by Crippen LogP contribution is 2.26. The quantitative estimate of drug-likeness (QED) is 0.766. The van der Waals surface area contributed by atoms with Gasteiger partial charge in [0, 0.05) is 32.4 Å². The van der Waals surface area contributed by atoms with E-state index in [9.17, 15) is 8.42 Å². The zero-order valence-electron chi connectivity index (χ0n) is 13.8.